The normalized spacial score (nSPS) is 14.5. The third-order valence-electron chi connectivity index (χ3n) is 4.90. The summed E-state index contributed by atoms with van der Waals surface area (Å²) in [4.78, 5) is 27.9. The van der Waals surface area contributed by atoms with Crippen molar-refractivity contribution < 1.29 is 14.3 Å². The highest BCUT2D eigenvalue weighted by Crippen LogP contribution is 2.23. The lowest BCUT2D eigenvalue weighted by molar-refractivity contribution is -0.119. The van der Waals surface area contributed by atoms with E-state index in [-0.39, 0.29) is 11.8 Å². The van der Waals surface area contributed by atoms with Crippen LogP contribution in [0.5, 0.6) is 5.75 Å². The Hall–Kier alpha value is -2.57. The lowest BCUT2D eigenvalue weighted by Crippen LogP contribution is -2.49. The number of amides is 2. The molecule has 0 aromatic heterocycles. The molecule has 7 heteroatoms. The van der Waals surface area contributed by atoms with Crippen LogP contribution in [0.2, 0.25) is 5.02 Å². The minimum absolute atomic E-state index is 0.0445. The first kappa shape index (κ1) is 21.1. The summed E-state index contributed by atoms with van der Waals surface area (Å²) in [6.45, 7) is 6.34. The van der Waals surface area contributed by atoms with Gasteiger partial charge >= 0.3 is 0 Å². The highest BCUT2D eigenvalue weighted by atomic mass is 35.5. The molecule has 1 N–H and O–H groups in total. The number of carbonyl (C=O) groups is 2. The van der Waals surface area contributed by atoms with E-state index in [0.29, 0.717) is 42.6 Å². The molecular formula is C22H26ClN3O3. The number of hydrogen-bond donors (Lipinski definition) is 1. The molecule has 154 valence electrons. The molecule has 1 aliphatic heterocycles. The standard InChI is InChI=1S/C22H26ClN3O3/c1-17(27)24-16-18-6-8-19(9-7-18)22(28)26-12-10-25(11-13-26)14-15-29-21-5-3-2-4-20(21)23/h2-9H,10-16H2,1H3,(H,24,27). The number of benzene rings is 2. The number of rotatable bonds is 7. The predicted molar refractivity (Wildman–Crippen MR) is 113 cm³/mol. The summed E-state index contributed by atoms with van der Waals surface area (Å²) in [5, 5.41) is 3.37. The van der Waals surface area contributed by atoms with Crippen LogP contribution in [0, 0.1) is 0 Å². The number of hydrogen-bond acceptors (Lipinski definition) is 4. The Morgan fingerprint density at radius 3 is 2.38 bits per heavy atom. The average Bonchev–Trinajstić information content (AvgIpc) is 2.74. The average molecular weight is 416 g/mol. The van der Waals surface area contributed by atoms with Gasteiger partial charge in [0.15, 0.2) is 0 Å². The van der Waals surface area contributed by atoms with Gasteiger partial charge in [0, 0.05) is 51.8 Å². The second kappa shape index (κ2) is 10.3. The Morgan fingerprint density at radius 2 is 1.72 bits per heavy atom. The van der Waals surface area contributed by atoms with E-state index in [1.54, 1.807) is 0 Å². The summed E-state index contributed by atoms with van der Waals surface area (Å²) in [5.41, 5.74) is 1.65. The molecule has 29 heavy (non-hydrogen) atoms. The van der Waals surface area contributed by atoms with Gasteiger partial charge in [-0.05, 0) is 29.8 Å². The minimum Gasteiger partial charge on any atom is -0.491 e. The van der Waals surface area contributed by atoms with Crippen molar-refractivity contribution in [2.45, 2.75) is 13.5 Å². The first-order chi connectivity index (χ1) is 14.0. The third-order valence-corrected chi connectivity index (χ3v) is 5.22. The van der Waals surface area contributed by atoms with Crippen molar-refractivity contribution in [2.75, 3.05) is 39.3 Å². The Balaban J connectivity index is 1.42. The zero-order valence-electron chi connectivity index (χ0n) is 16.6. The van der Waals surface area contributed by atoms with E-state index in [1.807, 2.05) is 53.4 Å². The molecule has 6 nitrogen and oxygen atoms in total. The van der Waals surface area contributed by atoms with E-state index >= 15 is 0 Å². The number of nitrogens with zero attached hydrogens (tertiary/aromatic N) is 2. The quantitative estimate of drug-likeness (QED) is 0.755. The number of para-hydroxylation sites is 1. The van der Waals surface area contributed by atoms with Crippen molar-refractivity contribution in [2.24, 2.45) is 0 Å². The third kappa shape index (κ3) is 6.21. The second-order valence-corrected chi connectivity index (χ2v) is 7.43. The molecule has 3 rings (SSSR count). The highest BCUT2D eigenvalue weighted by Gasteiger charge is 2.22. The summed E-state index contributed by atoms with van der Waals surface area (Å²) in [6, 6.07) is 14.9. The lowest BCUT2D eigenvalue weighted by Gasteiger charge is -2.34. The van der Waals surface area contributed by atoms with Crippen LogP contribution in [0.25, 0.3) is 0 Å². The molecule has 0 bridgehead atoms. The summed E-state index contributed by atoms with van der Waals surface area (Å²) in [7, 11) is 0. The molecule has 1 aliphatic rings. The first-order valence-corrected chi connectivity index (χ1v) is 10.1. The van der Waals surface area contributed by atoms with Gasteiger partial charge in [-0.15, -0.1) is 0 Å². The Morgan fingerprint density at radius 1 is 1.03 bits per heavy atom. The fourth-order valence-electron chi connectivity index (χ4n) is 3.20. The molecule has 2 aromatic rings. The minimum atomic E-state index is -0.0692. The van der Waals surface area contributed by atoms with Crippen LogP contribution in [0.4, 0.5) is 0 Å². The molecule has 1 saturated heterocycles. The van der Waals surface area contributed by atoms with Gasteiger partial charge < -0.3 is 15.0 Å². The lowest BCUT2D eigenvalue weighted by atomic mass is 10.1. The van der Waals surface area contributed by atoms with Crippen LogP contribution < -0.4 is 10.1 Å². The maximum atomic E-state index is 12.7. The molecule has 0 unspecified atom stereocenters. The van der Waals surface area contributed by atoms with Gasteiger partial charge in [0.2, 0.25) is 5.91 Å². The SMILES string of the molecule is CC(=O)NCc1ccc(C(=O)N2CCN(CCOc3ccccc3Cl)CC2)cc1. The zero-order valence-corrected chi connectivity index (χ0v) is 17.3. The van der Waals surface area contributed by atoms with Gasteiger partial charge in [-0.3, -0.25) is 14.5 Å². The number of nitrogens with one attached hydrogen (secondary N) is 1. The molecule has 1 heterocycles. The van der Waals surface area contributed by atoms with Crippen LogP contribution in [0.1, 0.15) is 22.8 Å². The predicted octanol–water partition coefficient (Wildman–Crippen LogP) is 2.81. The van der Waals surface area contributed by atoms with Gasteiger partial charge in [-0.25, -0.2) is 0 Å². The van der Waals surface area contributed by atoms with Crippen LogP contribution in [-0.4, -0.2) is 60.9 Å². The van der Waals surface area contributed by atoms with Gasteiger partial charge in [-0.2, -0.15) is 0 Å². The highest BCUT2D eigenvalue weighted by molar-refractivity contribution is 6.32. The van der Waals surface area contributed by atoms with Crippen molar-refractivity contribution in [1.29, 1.82) is 0 Å². The number of halogens is 1. The van der Waals surface area contributed by atoms with Crippen molar-refractivity contribution in [1.82, 2.24) is 15.1 Å². The molecule has 0 saturated carbocycles. The van der Waals surface area contributed by atoms with Crippen molar-refractivity contribution in [3.63, 3.8) is 0 Å². The van der Waals surface area contributed by atoms with Crippen LogP contribution in [-0.2, 0) is 11.3 Å². The van der Waals surface area contributed by atoms with Crippen molar-refractivity contribution >= 4 is 23.4 Å². The van der Waals surface area contributed by atoms with Crippen LogP contribution in [0.15, 0.2) is 48.5 Å². The van der Waals surface area contributed by atoms with E-state index < -0.39 is 0 Å². The number of ether oxygens (including phenoxy) is 1. The Labute approximate surface area is 176 Å². The summed E-state index contributed by atoms with van der Waals surface area (Å²) >= 11 is 6.10. The Bertz CT molecular complexity index is 833. The topological polar surface area (TPSA) is 61.9 Å². The smallest absolute Gasteiger partial charge is 0.253 e. The molecule has 0 atom stereocenters. The van der Waals surface area contributed by atoms with E-state index in [4.69, 9.17) is 16.3 Å². The van der Waals surface area contributed by atoms with E-state index in [9.17, 15) is 9.59 Å². The monoisotopic (exact) mass is 415 g/mol. The van der Waals surface area contributed by atoms with E-state index in [1.165, 1.54) is 6.92 Å². The fraction of sp³-hybridized carbons (Fsp3) is 0.364. The van der Waals surface area contributed by atoms with E-state index in [2.05, 4.69) is 10.2 Å². The molecule has 2 amide bonds. The Kier molecular flexibility index (Phi) is 7.49. The largest absolute Gasteiger partial charge is 0.491 e. The summed E-state index contributed by atoms with van der Waals surface area (Å²) in [6.07, 6.45) is 0. The molecular weight excluding hydrogens is 390 g/mol. The second-order valence-electron chi connectivity index (χ2n) is 7.02. The number of piperazine rings is 1. The van der Waals surface area contributed by atoms with Gasteiger partial charge in [-0.1, -0.05) is 35.9 Å². The molecule has 0 spiro atoms. The van der Waals surface area contributed by atoms with Gasteiger partial charge in [0.05, 0.1) is 5.02 Å². The van der Waals surface area contributed by atoms with E-state index in [0.717, 1.165) is 25.2 Å². The summed E-state index contributed by atoms with van der Waals surface area (Å²) < 4.78 is 5.75. The van der Waals surface area contributed by atoms with Gasteiger partial charge in [0.1, 0.15) is 12.4 Å². The molecule has 0 aliphatic carbocycles. The van der Waals surface area contributed by atoms with Crippen LogP contribution in [0.3, 0.4) is 0 Å². The number of carbonyl (C=O) groups excluding carboxylic acids is 2. The maximum absolute atomic E-state index is 12.7. The molecule has 1 fully saturated rings. The van der Waals surface area contributed by atoms with Crippen molar-refractivity contribution in [3.05, 3.63) is 64.7 Å². The zero-order chi connectivity index (χ0) is 20.6. The molecule has 0 radical (unpaired) electrons. The molecule has 2 aromatic carbocycles. The van der Waals surface area contributed by atoms with Crippen molar-refractivity contribution in [3.8, 4) is 5.75 Å². The van der Waals surface area contributed by atoms with Gasteiger partial charge in [0.25, 0.3) is 5.91 Å². The summed E-state index contributed by atoms with van der Waals surface area (Å²) in [5.74, 6) is 0.674. The maximum Gasteiger partial charge on any atom is 0.253 e. The first-order valence-electron chi connectivity index (χ1n) is 9.75. The fourth-order valence-corrected chi connectivity index (χ4v) is 3.39. The van der Waals surface area contributed by atoms with Crippen LogP contribution >= 0.6 is 11.6 Å².